The summed E-state index contributed by atoms with van der Waals surface area (Å²) in [6.07, 6.45) is 1.84. The average Bonchev–Trinajstić information content (AvgIpc) is 2.66. The minimum Gasteiger partial charge on any atom is -0.366 e. The van der Waals surface area contributed by atoms with E-state index in [2.05, 4.69) is 53.6 Å². The number of anilines is 1. The van der Waals surface area contributed by atoms with Crippen LogP contribution in [0.1, 0.15) is 24.0 Å². The van der Waals surface area contributed by atoms with E-state index in [1.165, 1.54) is 11.1 Å². The number of hydrogen-bond donors (Lipinski definition) is 1. The molecule has 1 aliphatic rings. The van der Waals surface area contributed by atoms with E-state index in [0.29, 0.717) is 12.0 Å². The smallest absolute Gasteiger partial charge is 0.130 e. The van der Waals surface area contributed by atoms with Crippen molar-refractivity contribution in [3.8, 4) is 0 Å². The van der Waals surface area contributed by atoms with E-state index in [0.717, 1.165) is 5.82 Å². The molecule has 80 valence electrons. The average molecular weight is 210 g/mol. The molecule has 16 heavy (non-hydrogen) atoms. The summed E-state index contributed by atoms with van der Waals surface area (Å²) in [6.45, 7) is 2.21. The van der Waals surface area contributed by atoms with Crippen LogP contribution < -0.4 is 5.32 Å². The molecule has 2 heteroatoms. The van der Waals surface area contributed by atoms with Crippen LogP contribution in [0.25, 0.3) is 0 Å². The van der Waals surface area contributed by atoms with E-state index < -0.39 is 0 Å². The first-order chi connectivity index (χ1) is 7.86. The van der Waals surface area contributed by atoms with Crippen LogP contribution in [0, 0.1) is 0 Å². The molecule has 0 bridgehead atoms. The zero-order chi connectivity index (χ0) is 11.0. The Labute approximate surface area is 95.3 Å². The standard InChI is InChI=1S/C14H14N2/c1-10-13(11-6-3-2-4-7-11)12-8-5-9-15-14(12)16-10/h2-10,13H,1H3,(H,15,16). The molecule has 0 amide bonds. The number of fused-ring (bicyclic) bond motifs is 1. The van der Waals surface area contributed by atoms with Crippen molar-refractivity contribution in [2.45, 2.75) is 18.9 Å². The second kappa shape index (κ2) is 3.63. The van der Waals surface area contributed by atoms with Gasteiger partial charge in [0.15, 0.2) is 0 Å². The predicted octanol–water partition coefficient (Wildman–Crippen LogP) is 3.03. The van der Waals surface area contributed by atoms with Gasteiger partial charge in [0.2, 0.25) is 0 Å². The maximum Gasteiger partial charge on any atom is 0.130 e. The molecule has 0 saturated carbocycles. The fourth-order valence-electron chi connectivity index (χ4n) is 2.49. The Balaban J connectivity index is 2.09. The second-order valence-electron chi connectivity index (χ2n) is 4.26. The quantitative estimate of drug-likeness (QED) is 0.782. The normalized spacial score (nSPS) is 22.6. The third kappa shape index (κ3) is 1.38. The number of benzene rings is 1. The highest BCUT2D eigenvalue weighted by Gasteiger charge is 2.30. The number of pyridine rings is 1. The molecule has 2 aromatic rings. The number of hydrogen-bond acceptors (Lipinski definition) is 2. The summed E-state index contributed by atoms with van der Waals surface area (Å²) in [7, 11) is 0. The largest absolute Gasteiger partial charge is 0.366 e. The highest BCUT2D eigenvalue weighted by atomic mass is 15.0. The maximum absolute atomic E-state index is 4.37. The third-order valence-corrected chi connectivity index (χ3v) is 3.20. The molecule has 3 rings (SSSR count). The maximum atomic E-state index is 4.37. The van der Waals surface area contributed by atoms with Crippen molar-refractivity contribution in [1.29, 1.82) is 0 Å². The highest BCUT2D eigenvalue weighted by Crippen LogP contribution is 2.38. The molecule has 2 nitrogen and oxygen atoms in total. The first-order valence-electron chi connectivity index (χ1n) is 5.62. The van der Waals surface area contributed by atoms with Crippen molar-refractivity contribution in [1.82, 2.24) is 4.98 Å². The van der Waals surface area contributed by atoms with Crippen molar-refractivity contribution in [3.63, 3.8) is 0 Å². The number of nitrogens with zero attached hydrogens (tertiary/aromatic N) is 1. The number of aromatic nitrogens is 1. The molecule has 0 radical (unpaired) electrons. The molecular weight excluding hydrogens is 196 g/mol. The van der Waals surface area contributed by atoms with Crippen LogP contribution in [0.3, 0.4) is 0 Å². The second-order valence-corrected chi connectivity index (χ2v) is 4.26. The summed E-state index contributed by atoms with van der Waals surface area (Å²) in [5.41, 5.74) is 2.66. The van der Waals surface area contributed by atoms with Crippen molar-refractivity contribution in [3.05, 3.63) is 59.8 Å². The Morgan fingerprint density at radius 2 is 1.88 bits per heavy atom. The van der Waals surface area contributed by atoms with Crippen LogP contribution in [0.4, 0.5) is 5.82 Å². The Morgan fingerprint density at radius 1 is 1.06 bits per heavy atom. The lowest BCUT2D eigenvalue weighted by Crippen LogP contribution is -2.16. The summed E-state index contributed by atoms with van der Waals surface area (Å²) >= 11 is 0. The van der Waals surface area contributed by atoms with Gasteiger partial charge in [-0.15, -0.1) is 0 Å². The molecule has 1 aromatic heterocycles. The molecule has 1 aromatic carbocycles. The lowest BCUT2D eigenvalue weighted by atomic mass is 9.89. The van der Waals surface area contributed by atoms with Gasteiger partial charge in [-0.3, -0.25) is 0 Å². The fourth-order valence-corrected chi connectivity index (χ4v) is 2.49. The van der Waals surface area contributed by atoms with Crippen LogP contribution in [0.15, 0.2) is 48.7 Å². The zero-order valence-electron chi connectivity index (χ0n) is 9.22. The molecule has 2 atom stereocenters. The van der Waals surface area contributed by atoms with Crippen LogP contribution >= 0.6 is 0 Å². The van der Waals surface area contributed by atoms with E-state index in [-0.39, 0.29) is 0 Å². The summed E-state index contributed by atoms with van der Waals surface area (Å²) in [4.78, 5) is 4.37. The molecule has 1 aliphatic heterocycles. The van der Waals surface area contributed by atoms with E-state index >= 15 is 0 Å². The van der Waals surface area contributed by atoms with Crippen molar-refractivity contribution in [2.24, 2.45) is 0 Å². The summed E-state index contributed by atoms with van der Waals surface area (Å²) in [5, 5.41) is 3.43. The van der Waals surface area contributed by atoms with Gasteiger partial charge < -0.3 is 5.32 Å². The van der Waals surface area contributed by atoms with Crippen molar-refractivity contribution < 1.29 is 0 Å². The summed E-state index contributed by atoms with van der Waals surface area (Å²) in [5.74, 6) is 1.45. The van der Waals surface area contributed by atoms with Crippen LogP contribution in [0.5, 0.6) is 0 Å². The van der Waals surface area contributed by atoms with E-state index in [1.807, 2.05) is 12.3 Å². The number of rotatable bonds is 1. The van der Waals surface area contributed by atoms with Gasteiger partial charge in [0.25, 0.3) is 0 Å². The Hall–Kier alpha value is -1.83. The highest BCUT2D eigenvalue weighted by molar-refractivity contribution is 5.57. The first-order valence-corrected chi connectivity index (χ1v) is 5.62. The molecule has 2 unspecified atom stereocenters. The molecule has 2 heterocycles. The van der Waals surface area contributed by atoms with E-state index in [1.54, 1.807) is 0 Å². The minimum atomic E-state index is 0.410. The van der Waals surface area contributed by atoms with Gasteiger partial charge in [0, 0.05) is 23.7 Å². The lowest BCUT2D eigenvalue weighted by Gasteiger charge is -2.16. The number of nitrogens with one attached hydrogen (secondary N) is 1. The predicted molar refractivity (Wildman–Crippen MR) is 65.6 cm³/mol. The minimum absolute atomic E-state index is 0.410. The van der Waals surface area contributed by atoms with Gasteiger partial charge in [0.1, 0.15) is 5.82 Å². The molecule has 1 N–H and O–H groups in total. The van der Waals surface area contributed by atoms with Crippen LogP contribution in [-0.2, 0) is 0 Å². The molecule has 0 fully saturated rings. The van der Waals surface area contributed by atoms with Gasteiger partial charge in [-0.1, -0.05) is 36.4 Å². The monoisotopic (exact) mass is 210 g/mol. The summed E-state index contributed by atoms with van der Waals surface area (Å²) in [6, 6.07) is 15.2. The topological polar surface area (TPSA) is 24.9 Å². The first kappa shape index (κ1) is 9.40. The van der Waals surface area contributed by atoms with Gasteiger partial charge in [0.05, 0.1) is 0 Å². The van der Waals surface area contributed by atoms with Gasteiger partial charge in [-0.25, -0.2) is 4.98 Å². The molecule has 0 aliphatic carbocycles. The zero-order valence-corrected chi connectivity index (χ0v) is 9.22. The van der Waals surface area contributed by atoms with Crippen LogP contribution in [-0.4, -0.2) is 11.0 Å². The van der Waals surface area contributed by atoms with Gasteiger partial charge in [-0.05, 0) is 18.6 Å². The van der Waals surface area contributed by atoms with Crippen LogP contribution in [0.2, 0.25) is 0 Å². The fraction of sp³-hybridized carbons (Fsp3) is 0.214. The van der Waals surface area contributed by atoms with Crippen molar-refractivity contribution >= 4 is 5.82 Å². The molecular formula is C14H14N2. The Kier molecular flexibility index (Phi) is 2.13. The van der Waals surface area contributed by atoms with Gasteiger partial charge >= 0.3 is 0 Å². The molecule has 0 spiro atoms. The Bertz CT molecular complexity index is 493. The lowest BCUT2D eigenvalue weighted by molar-refractivity contribution is 0.727. The third-order valence-electron chi connectivity index (χ3n) is 3.20. The molecule has 0 saturated heterocycles. The SMILES string of the molecule is CC1Nc2ncccc2C1c1ccccc1. The van der Waals surface area contributed by atoms with E-state index in [4.69, 9.17) is 0 Å². The Morgan fingerprint density at radius 3 is 2.69 bits per heavy atom. The van der Waals surface area contributed by atoms with Crippen molar-refractivity contribution in [2.75, 3.05) is 5.32 Å². The van der Waals surface area contributed by atoms with Gasteiger partial charge in [-0.2, -0.15) is 0 Å². The van der Waals surface area contributed by atoms with E-state index in [9.17, 15) is 0 Å². The summed E-state index contributed by atoms with van der Waals surface area (Å²) < 4.78 is 0.